The molecule has 3 aromatic rings. The van der Waals surface area contributed by atoms with E-state index in [-0.39, 0.29) is 36.1 Å². The third-order valence-corrected chi connectivity index (χ3v) is 9.03. The molecule has 13 nitrogen and oxygen atoms in total. The van der Waals surface area contributed by atoms with E-state index in [4.69, 9.17) is 19.6 Å². The highest BCUT2D eigenvalue weighted by Crippen LogP contribution is 2.40. The number of aliphatic hydroxyl groups is 1. The minimum atomic E-state index is -1.89. The van der Waals surface area contributed by atoms with Gasteiger partial charge in [-0.1, -0.05) is 13.8 Å². The van der Waals surface area contributed by atoms with E-state index >= 15 is 0 Å². The largest absolute Gasteiger partial charge is 0.481 e. The van der Waals surface area contributed by atoms with Crippen molar-refractivity contribution in [2.75, 3.05) is 32.7 Å². The number of hydrazine groups is 1. The number of amides is 1. The number of aromatic nitrogens is 2. The maximum absolute atomic E-state index is 13.6. The van der Waals surface area contributed by atoms with Gasteiger partial charge in [0.05, 0.1) is 29.0 Å². The first kappa shape index (κ1) is 30.7. The number of carbonyl (C=O) groups is 3. The third kappa shape index (κ3) is 5.55. The van der Waals surface area contributed by atoms with Gasteiger partial charge < -0.3 is 29.2 Å². The molecule has 1 atom stereocenters. The molecular formula is C32H37N5O8. The Hall–Kier alpha value is -4.33. The Morgan fingerprint density at radius 3 is 2.58 bits per heavy atom. The number of carboxylic acids is 1. The highest BCUT2D eigenvalue weighted by Gasteiger charge is 2.45. The van der Waals surface area contributed by atoms with Crippen molar-refractivity contribution >= 4 is 28.9 Å². The van der Waals surface area contributed by atoms with Crippen molar-refractivity contribution in [3.63, 3.8) is 0 Å². The normalized spacial score (nSPS) is 19.2. The molecule has 13 heteroatoms. The summed E-state index contributed by atoms with van der Waals surface area (Å²) in [6, 6.07) is 7.01. The van der Waals surface area contributed by atoms with Crippen LogP contribution in [0.5, 0.6) is 5.75 Å². The molecule has 0 spiro atoms. The fourth-order valence-electron chi connectivity index (χ4n) is 6.46. The lowest BCUT2D eigenvalue weighted by Gasteiger charge is -2.34. The van der Waals surface area contributed by atoms with Crippen LogP contribution in [0.25, 0.3) is 22.3 Å². The number of cyclic esters (lactones) is 1. The van der Waals surface area contributed by atoms with Gasteiger partial charge in [-0.25, -0.2) is 19.6 Å². The second kappa shape index (κ2) is 12.2. The van der Waals surface area contributed by atoms with Gasteiger partial charge >= 0.3 is 18.0 Å². The predicted molar refractivity (Wildman–Crippen MR) is 163 cm³/mol. The van der Waals surface area contributed by atoms with E-state index in [1.165, 1.54) is 0 Å². The molecule has 1 fully saturated rings. The fraction of sp³-hybridized carbons (Fsp3) is 0.469. The van der Waals surface area contributed by atoms with Crippen LogP contribution in [-0.4, -0.2) is 80.4 Å². The summed E-state index contributed by atoms with van der Waals surface area (Å²) in [4.78, 5) is 56.3. The Morgan fingerprint density at radius 2 is 1.87 bits per heavy atom. The number of carbonyl (C=O) groups excluding carboxylic acids is 2. The topological polar surface area (TPSA) is 164 Å². The van der Waals surface area contributed by atoms with Crippen molar-refractivity contribution in [1.82, 2.24) is 24.9 Å². The molecule has 45 heavy (non-hydrogen) atoms. The maximum Gasteiger partial charge on any atom is 0.415 e. The standard InChI is InChI=1S/C32H37N5O8/c1-3-20-21-15-19(45-31(42)35-11-13-36(14-12-35)33-10-6-5-7-27(38)39)8-9-25(21)34-28-22(20)17-37-26(28)16-24-23(29(37)40)18-44-30(41)32(24,43)4-2/h8-9,15-16,33,43H,3-7,10-14,17-18H2,1-2H3,(H,38,39)/t32-/m0/s1. The Bertz CT molecular complexity index is 1750. The van der Waals surface area contributed by atoms with Gasteiger partial charge in [0.1, 0.15) is 12.4 Å². The summed E-state index contributed by atoms with van der Waals surface area (Å²) in [5, 5.41) is 22.8. The molecule has 1 amide bonds. The lowest BCUT2D eigenvalue weighted by atomic mass is 9.86. The zero-order chi connectivity index (χ0) is 31.9. The van der Waals surface area contributed by atoms with E-state index in [1.807, 2.05) is 18.0 Å². The van der Waals surface area contributed by atoms with E-state index in [0.717, 1.165) is 22.9 Å². The summed E-state index contributed by atoms with van der Waals surface area (Å²) in [5.41, 5.74) is 5.38. The first-order valence-electron chi connectivity index (χ1n) is 15.4. The highest BCUT2D eigenvalue weighted by atomic mass is 16.6. The highest BCUT2D eigenvalue weighted by molar-refractivity contribution is 5.90. The number of piperazine rings is 1. The van der Waals surface area contributed by atoms with Crippen LogP contribution in [0.3, 0.4) is 0 Å². The monoisotopic (exact) mass is 619 g/mol. The molecule has 1 saturated heterocycles. The Kier molecular flexibility index (Phi) is 8.33. The Morgan fingerprint density at radius 1 is 1.09 bits per heavy atom. The zero-order valence-electron chi connectivity index (χ0n) is 25.4. The quantitative estimate of drug-likeness (QED) is 0.186. The van der Waals surface area contributed by atoms with Crippen molar-refractivity contribution in [1.29, 1.82) is 0 Å². The number of nitrogens with zero attached hydrogens (tertiary/aromatic N) is 4. The summed E-state index contributed by atoms with van der Waals surface area (Å²) >= 11 is 0. The van der Waals surface area contributed by atoms with Crippen molar-refractivity contribution in [3.05, 3.63) is 56.9 Å². The van der Waals surface area contributed by atoms with Crippen LogP contribution in [-0.2, 0) is 39.5 Å². The molecule has 0 radical (unpaired) electrons. The van der Waals surface area contributed by atoms with Crippen LogP contribution >= 0.6 is 0 Å². The lowest BCUT2D eigenvalue weighted by Crippen LogP contribution is -2.54. The van der Waals surface area contributed by atoms with Gasteiger partial charge in [-0.3, -0.25) is 15.0 Å². The number of hydrogen-bond donors (Lipinski definition) is 3. The number of hydrogen-bond acceptors (Lipinski definition) is 10. The first-order chi connectivity index (χ1) is 21.6. The molecule has 2 aromatic heterocycles. The van der Waals surface area contributed by atoms with Gasteiger partial charge in [-0.2, -0.15) is 0 Å². The summed E-state index contributed by atoms with van der Waals surface area (Å²) in [6.45, 7) is 6.72. The molecule has 0 unspecified atom stereocenters. The maximum atomic E-state index is 13.6. The molecular weight excluding hydrogens is 582 g/mol. The second-order valence-electron chi connectivity index (χ2n) is 11.7. The molecule has 238 valence electrons. The number of carboxylic acid groups (broad SMARTS) is 1. The number of ether oxygens (including phenoxy) is 2. The molecule has 5 heterocycles. The lowest BCUT2D eigenvalue weighted by molar-refractivity contribution is -0.172. The van der Waals surface area contributed by atoms with E-state index in [0.29, 0.717) is 74.8 Å². The zero-order valence-corrected chi connectivity index (χ0v) is 25.4. The van der Waals surface area contributed by atoms with Crippen LogP contribution in [0.1, 0.15) is 61.8 Å². The molecule has 1 aromatic carbocycles. The Balaban J connectivity index is 1.19. The minimum absolute atomic E-state index is 0.0736. The molecule has 3 N–H and O–H groups in total. The minimum Gasteiger partial charge on any atom is -0.481 e. The van der Waals surface area contributed by atoms with Crippen LogP contribution in [0.15, 0.2) is 29.1 Å². The molecule has 6 rings (SSSR count). The predicted octanol–water partition coefficient (Wildman–Crippen LogP) is 2.52. The van der Waals surface area contributed by atoms with Gasteiger partial charge in [0.15, 0.2) is 5.60 Å². The number of esters is 1. The number of fused-ring (bicyclic) bond motifs is 5. The summed E-state index contributed by atoms with van der Waals surface area (Å²) in [7, 11) is 0. The average Bonchev–Trinajstić information content (AvgIpc) is 3.40. The molecule has 3 aliphatic rings. The summed E-state index contributed by atoms with van der Waals surface area (Å²) < 4.78 is 12.6. The van der Waals surface area contributed by atoms with Crippen LogP contribution in [0, 0.1) is 0 Å². The smallest absolute Gasteiger partial charge is 0.415 e. The van der Waals surface area contributed by atoms with Gasteiger partial charge in [0.2, 0.25) is 0 Å². The molecule has 0 saturated carbocycles. The van der Waals surface area contributed by atoms with Crippen LogP contribution in [0.4, 0.5) is 4.79 Å². The van der Waals surface area contributed by atoms with E-state index in [1.54, 1.807) is 34.6 Å². The second-order valence-corrected chi connectivity index (χ2v) is 11.7. The van der Waals surface area contributed by atoms with Gasteiger partial charge in [0.25, 0.3) is 5.56 Å². The van der Waals surface area contributed by atoms with Crippen molar-refractivity contribution in [3.8, 4) is 17.1 Å². The number of nitrogens with one attached hydrogen (secondary N) is 1. The number of pyridine rings is 2. The number of aliphatic carboxylic acids is 1. The van der Waals surface area contributed by atoms with Crippen LogP contribution in [0.2, 0.25) is 0 Å². The third-order valence-electron chi connectivity index (χ3n) is 9.03. The summed E-state index contributed by atoms with van der Waals surface area (Å²) in [5.74, 6) is -1.15. The fourth-order valence-corrected chi connectivity index (χ4v) is 6.46. The Labute approximate surface area is 259 Å². The van der Waals surface area contributed by atoms with E-state index < -0.39 is 23.6 Å². The first-order valence-corrected chi connectivity index (χ1v) is 15.4. The summed E-state index contributed by atoms with van der Waals surface area (Å²) in [6.07, 6.45) is 1.82. The number of rotatable bonds is 9. The molecule has 3 aliphatic heterocycles. The van der Waals surface area contributed by atoms with Crippen molar-refractivity contribution < 1.29 is 34.1 Å². The SMILES string of the molecule is CCc1c2c(nc3ccc(OC(=O)N4CCN(NCCCCC(=O)O)CC4)cc13)-c1cc3c(c(=O)n1C2)COC(=O)[C@]3(O)CC. The van der Waals surface area contributed by atoms with Crippen molar-refractivity contribution in [2.45, 2.75) is 64.7 Å². The van der Waals surface area contributed by atoms with E-state index in [9.17, 15) is 24.3 Å². The molecule has 0 aliphatic carbocycles. The van der Waals surface area contributed by atoms with Gasteiger partial charge in [0, 0.05) is 55.7 Å². The average molecular weight is 620 g/mol. The number of unbranched alkanes of at least 4 members (excludes halogenated alkanes) is 1. The number of aryl methyl sites for hydroxylation is 1. The van der Waals surface area contributed by atoms with Crippen molar-refractivity contribution in [2.24, 2.45) is 0 Å². The van der Waals surface area contributed by atoms with Crippen LogP contribution < -0.4 is 15.7 Å². The molecule has 0 bridgehead atoms. The van der Waals surface area contributed by atoms with Gasteiger partial charge in [-0.05, 0) is 55.5 Å². The van der Waals surface area contributed by atoms with Gasteiger partial charge in [-0.15, -0.1) is 0 Å². The van der Waals surface area contributed by atoms with E-state index in [2.05, 4.69) is 5.43 Å². The number of benzene rings is 1.